The van der Waals surface area contributed by atoms with Crippen molar-refractivity contribution >= 4 is 0 Å². The summed E-state index contributed by atoms with van der Waals surface area (Å²) in [6.45, 7) is 9.47. The van der Waals surface area contributed by atoms with Crippen LogP contribution in [0.2, 0.25) is 0 Å². The van der Waals surface area contributed by atoms with E-state index in [1.165, 1.54) is 5.57 Å². The molecule has 0 fully saturated rings. The van der Waals surface area contributed by atoms with Crippen molar-refractivity contribution in [2.24, 2.45) is 0 Å². The molecule has 0 aromatic rings. The van der Waals surface area contributed by atoms with Gasteiger partial charge in [-0.25, -0.2) is 0 Å². The standard InChI is InChI=1S/C12H22O/c1-5-11(2)9-7-6-8-10-12(3,4)13/h5,9,13H,1,6-8,10H2,2-4H3/b11-9+. The highest BCUT2D eigenvalue weighted by Crippen LogP contribution is 2.13. The second-order valence-corrected chi connectivity index (χ2v) is 4.21. The van der Waals surface area contributed by atoms with Crippen LogP contribution in [0.15, 0.2) is 24.3 Å². The molecule has 0 aromatic heterocycles. The molecule has 0 aliphatic carbocycles. The monoisotopic (exact) mass is 182 g/mol. The molecule has 0 saturated carbocycles. The van der Waals surface area contributed by atoms with E-state index < -0.39 is 5.60 Å². The highest BCUT2D eigenvalue weighted by molar-refractivity contribution is 5.12. The van der Waals surface area contributed by atoms with Crippen LogP contribution in [0.4, 0.5) is 0 Å². The second-order valence-electron chi connectivity index (χ2n) is 4.21. The third kappa shape index (κ3) is 9.35. The SMILES string of the molecule is C=C/C(C)=C/CCCCC(C)(C)O. The van der Waals surface area contributed by atoms with Gasteiger partial charge in [0, 0.05) is 0 Å². The minimum absolute atomic E-state index is 0.503. The van der Waals surface area contributed by atoms with Gasteiger partial charge >= 0.3 is 0 Å². The zero-order valence-electron chi connectivity index (χ0n) is 9.14. The first kappa shape index (κ1) is 12.4. The molecule has 1 N–H and O–H groups in total. The summed E-state index contributed by atoms with van der Waals surface area (Å²) < 4.78 is 0. The van der Waals surface area contributed by atoms with Crippen LogP contribution in [0, 0.1) is 0 Å². The van der Waals surface area contributed by atoms with E-state index in [1.807, 2.05) is 19.9 Å². The fourth-order valence-corrected chi connectivity index (χ4v) is 1.12. The molecular formula is C12H22O. The first-order chi connectivity index (χ1) is 5.95. The molecule has 76 valence electrons. The molecule has 0 bridgehead atoms. The zero-order chi connectivity index (χ0) is 10.3. The molecule has 0 saturated heterocycles. The van der Waals surface area contributed by atoms with Crippen molar-refractivity contribution in [3.05, 3.63) is 24.3 Å². The lowest BCUT2D eigenvalue weighted by atomic mass is 10.0. The number of hydrogen-bond acceptors (Lipinski definition) is 1. The predicted octanol–water partition coefficient (Wildman–Crippen LogP) is 3.45. The van der Waals surface area contributed by atoms with E-state index in [1.54, 1.807) is 0 Å². The topological polar surface area (TPSA) is 20.2 Å². The molecule has 1 nitrogen and oxygen atoms in total. The molecule has 0 aliphatic rings. The molecule has 0 heterocycles. The lowest BCUT2D eigenvalue weighted by molar-refractivity contribution is 0.0683. The first-order valence-corrected chi connectivity index (χ1v) is 4.97. The summed E-state index contributed by atoms with van der Waals surface area (Å²) in [5, 5.41) is 9.44. The van der Waals surface area contributed by atoms with E-state index in [2.05, 4.69) is 19.6 Å². The Morgan fingerprint density at radius 3 is 2.46 bits per heavy atom. The van der Waals surface area contributed by atoms with Crippen LogP contribution in [-0.2, 0) is 0 Å². The predicted molar refractivity (Wildman–Crippen MR) is 58.7 cm³/mol. The van der Waals surface area contributed by atoms with Crippen LogP contribution in [0.5, 0.6) is 0 Å². The lowest BCUT2D eigenvalue weighted by Crippen LogP contribution is -2.17. The van der Waals surface area contributed by atoms with Gasteiger partial charge in [-0.15, -0.1) is 0 Å². The molecule has 13 heavy (non-hydrogen) atoms. The average molecular weight is 182 g/mol. The maximum absolute atomic E-state index is 9.44. The molecule has 0 aliphatic heterocycles. The summed E-state index contributed by atoms with van der Waals surface area (Å²) in [4.78, 5) is 0. The van der Waals surface area contributed by atoms with Gasteiger partial charge in [0.15, 0.2) is 0 Å². The smallest absolute Gasteiger partial charge is 0.0591 e. The summed E-state index contributed by atoms with van der Waals surface area (Å²) in [6.07, 6.45) is 8.27. The van der Waals surface area contributed by atoms with Crippen molar-refractivity contribution in [1.82, 2.24) is 0 Å². The van der Waals surface area contributed by atoms with Crippen LogP contribution in [0.3, 0.4) is 0 Å². The largest absolute Gasteiger partial charge is 0.390 e. The van der Waals surface area contributed by atoms with E-state index in [0.717, 1.165) is 25.7 Å². The number of unbranched alkanes of at least 4 members (excludes halogenated alkanes) is 2. The number of aliphatic hydroxyl groups is 1. The van der Waals surface area contributed by atoms with Crippen molar-refractivity contribution in [3.63, 3.8) is 0 Å². The third-order valence-electron chi connectivity index (χ3n) is 2.03. The minimum atomic E-state index is -0.503. The quantitative estimate of drug-likeness (QED) is 0.493. The van der Waals surface area contributed by atoms with Gasteiger partial charge in [0.25, 0.3) is 0 Å². The van der Waals surface area contributed by atoms with E-state index >= 15 is 0 Å². The molecule has 0 rings (SSSR count). The van der Waals surface area contributed by atoms with Gasteiger partial charge in [0.1, 0.15) is 0 Å². The Kier molecular flexibility index (Phi) is 5.72. The van der Waals surface area contributed by atoms with Crippen molar-refractivity contribution < 1.29 is 5.11 Å². The maximum Gasteiger partial charge on any atom is 0.0591 e. The summed E-state index contributed by atoms with van der Waals surface area (Å²) in [7, 11) is 0. The van der Waals surface area contributed by atoms with Crippen LogP contribution in [0.1, 0.15) is 46.5 Å². The van der Waals surface area contributed by atoms with Gasteiger partial charge in [0.2, 0.25) is 0 Å². The minimum Gasteiger partial charge on any atom is -0.390 e. The molecular weight excluding hydrogens is 160 g/mol. The Hall–Kier alpha value is -0.560. The van der Waals surface area contributed by atoms with Crippen molar-refractivity contribution in [2.45, 2.75) is 52.1 Å². The Morgan fingerprint density at radius 1 is 1.38 bits per heavy atom. The van der Waals surface area contributed by atoms with Crippen LogP contribution >= 0.6 is 0 Å². The summed E-state index contributed by atoms with van der Waals surface area (Å²) >= 11 is 0. The van der Waals surface area contributed by atoms with E-state index in [4.69, 9.17) is 0 Å². The van der Waals surface area contributed by atoms with Crippen molar-refractivity contribution in [1.29, 1.82) is 0 Å². The van der Waals surface area contributed by atoms with E-state index in [0.29, 0.717) is 0 Å². The van der Waals surface area contributed by atoms with E-state index in [-0.39, 0.29) is 0 Å². The highest BCUT2D eigenvalue weighted by atomic mass is 16.3. The molecule has 0 amide bonds. The molecule has 0 aromatic carbocycles. The normalized spacial score (nSPS) is 13.1. The second kappa shape index (κ2) is 5.98. The Bertz CT molecular complexity index is 172. The third-order valence-corrected chi connectivity index (χ3v) is 2.03. The zero-order valence-corrected chi connectivity index (χ0v) is 9.14. The maximum atomic E-state index is 9.44. The van der Waals surface area contributed by atoms with Gasteiger partial charge in [-0.1, -0.05) is 30.7 Å². The first-order valence-electron chi connectivity index (χ1n) is 4.97. The van der Waals surface area contributed by atoms with E-state index in [9.17, 15) is 5.11 Å². The van der Waals surface area contributed by atoms with Gasteiger partial charge < -0.3 is 5.11 Å². The number of rotatable bonds is 6. The van der Waals surface area contributed by atoms with Crippen LogP contribution < -0.4 is 0 Å². The van der Waals surface area contributed by atoms with Gasteiger partial charge in [-0.05, 0) is 40.0 Å². The number of allylic oxidation sites excluding steroid dienone is 3. The lowest BCUT2D eigenvalue weighted by Gasteiger charge is -2.15. The molecule has 0 spiro atoms. The van der Waals surface area contributed by atoms with Crippen molar-refractivity contribution in [2.75, 3.05) is 0 Å². The molecule has 1 heteroatoms. The van der Waals surface area contributed by atoms with Crippen LogP contribution in [-0.4, -0.2) is 10.7 Å². The number of hydrogen-bond donors (Lipinski definition) is 1. The van der Waals surface area contributed by atoms with Crippen molar-refractivity contribution in [3.8, 4) is 0 Å². The summed E-state index contributed by atoms with van der Waals surface area (Å²) in [5.74, 6) is 0. The average Bonchev–Trinajstić information content (AvgIpc) is 2.01. The molecule has 0 atom stereocenters. The van der Waals surface area contributed by atoms with Gasteiger partial charge in [0.05, 0.1) is 5.60 Å². The Morgan fingerprint density at radius 2 is 2.00 bits per heavy atom. The van der Waals surface area contributed by atoms with Gasteiger partial charge in [-0.3, -0.25) is 0 Å². The fraction of sp³-hybridized carbons (Fsp3) is 0.667. The summed E-state index contributed by atoms with van der Waals surface area (Å²) in [5.41, 5.74) is 0.736. The fourth-order valence-electron chi connectivity index (χ4n) is 1.12. The Balaban J connectivity index is 3.42. The van der Waals surface area contributed by atoms with Gasteiger partial charge in [-0.2, -0.15) is 0 Å². The molecule has 0 radical (unpaired) electrons. The summed E-state index contributed by atoms with van der Waals surface area (Å²) in [6, 6.07) is 0. The molecule has 0 unspecified atom stereocenters. The Labute approximate surface area is 82.2 Å². The highest BCUT2D eigenvalue weighted by Gasteiger charge is 2.10. The van der Waals surface area contributed by atoms with Crippen LogP contribution in [0.25, 0.3) is 0 Å².